The van der Waals surface area contributed by atoms with Gasteiger partial charge in [0.05, 0.1) is 0 Å². The van der Waals surface area contributed by atoms with E-state index < -0.39 is 29.8 Å². The van der Waals surface area contributed by atoms with Crippen molar-refractivity contribution in [3.63, 3.8) is 0 Å². The van der Waals surface area contributed by atoms with Crippen LogP contribution in [0.2, 0.25) is 0 Å². The molecular weight excluding hydrogens is 466 g/mol. The molecule has 1 N–H and O–H groups in total. The highest BCUT2D eigenvalue weighted by atomic mass is 16.6. The van der Waals surface area contributed by atoms with Crippen LogP contribution in [0.4, 0.5) is 4.79 Å². The predicted octanol–water partition coefficient (Wildman–Crippen LogP) is 7.97. The summed E-state index contributed by atoms with van der Waals surface area (Å²) < 4.78 is 11.2. The first kappa shape index (κ1) is 31.4. The molecule has 3 atom stereocenters. The molecule has 0 aromatic heterocycles. The molecule has 1 saturated carbocycles. The van der Waals surface area contributed by atoms with Gasteiger partial charge in [0, 0.05) is 6.42 Å². The number of ketones is 1. The fourth-order valence-corrected chi connectivity index (χ4v) is 5.88. The molecule has 2 rings (SSSR count). The first-order valence-electron chi connectivity index (χ1n) is 14.9. The van der Waals surface area contributed by atoms with Gasteiger partial charge < -0.3 is 14.8 Å². The second-order valence-corrected chi connectivity index (χ2v) is 12.5. The lowest BCUT2D eigenvalue weighted by Crippen LogP contribution is -2.48. The number of ether oxygens (including phenoxy) is 2. The normalized spacial score (nSPS) is 22.9. The maximum absolute atomic E-state index is 13.3. The Morgan fingerprint density at radius 1 is 1.00 bits per heavy atom. The third-order valence-electron chi connectivity index (χ3n) is 7.96. The van der Waals surface area contributed by atoms with Crippen LogP contribution in [0.5, 0.6) is 0 Å². The molecule has 0 aromatic rings. The Bertz CT molecular complexity index is 796. The molecule has 0 aromatic carbocycles. The minimum Gasteiger partial charge on any atom is -0.452 e. The van der Waals surface area contributed by atoms with Crippen LogP contribution < -0.4 is 5.32 Å². The van der Waals surface area contributed by atoms with Crippen LogP contribution in [-0.2, 0) is 19.1 Å². The number of Topliss-reactive ketones (excluding diaryl/α,β-unsaturated/α-hetero) is 1. The van der Waals surface area contributed by atoms with E-state index in [-0.39, 0.29) is 11.2 Å². The zero-order valence-electron chi connectivity index (χ0n) is 24.5. The number of carbonyl (C=O) groups excluding carboxylic acids is 3. The highest BCUT2D eigenvalue weighted by Crippen LogP contribution is 2.49. The summed E-state index contributed by atoms with van der Waals surface area (Å²) in [6.45, 7) is 11.7. The number of allylic oxidation sites excluding steroid dienone is 1. The summed E-state index contributed by atoms with van der Waals surface area (Å²) in [6, 6.07) is -0.818. The van der Waals surface area contributed by atoms with Gasteiger partial charge in [0.15, 0.2) is 11.9 Å². The molecule has 37 heavy (non-hydrogen) atoms. The fourth-order valence-electron chi connectivity index (χ4n) is 5.88. The highest BCUT2D eigenvalue weighted by Gasteiger charge is 2.44. The van der Waals surface area contributed by atoms with Crippen molar-refractivity contribution >= 4 is 17.8 Å². The van der Waals surface area contributed by atoms with Gasteiger partial charge in [-0.05, 0) is 64.4 Å². The molecule has 212 valence electrons. The van der Waals surface area contributed by atoms with Crippen LogP contribution in [-0.4, -0.2) is 35.6 Å². The van der Waals surface area contributed by atoms with E-state index in [1.165, 1.54) is 50.5 Å². The fraction of sp³-hybridized carbons (Fsp3) is 0.839. The SMILES string of the molecule is CCCCCCCCCCCCC(NC(=O)OC(C)(C)C)C(=O)O[C@H]1C[C@]2(C)CCCCC2=C(C)C1=O. The molecule has 0 aliphatic heterocycles. The van der Waals surface area contributed by atoms with E-state index in [0.717, 1.165) is 50.5 Å². The molecular formula is C31H53NO5. The number of unbranched alkanes of at least 4 members (excludes halogenated alkanes) is 9. The van der Waals surface area contributed by atoms with Crippen molar-refractivity contribution in [3.05, 3.63) is 11.1 Å². The molecule has 2 aliphatic rings. The second kappa shape index (κ2) is 14.9. The van der Waals surface area contributed by atoms with Crippen LogP contribution in [0.1, 0.15) is 144 Å². The third kappa shape index (κ3) is 10.4. The first-order chi connectivity index (χ1) is 17.5. The summed E-state index contributed by atoms with van der Waals surface area (Å²) >= 11 is 0. The van der Waals surface area contributed by atoms with Gasteiger partial charge in [0.1, 0.15) is 11.6 Å². The molecule has 6 heteroatoms. The highest BCUT2D eigenvalue weighted by molar-refractivity contribution is 6.01. The van der Waals surface area contributed by atoms with Gasteiger partial charge in [-0.1, -0.05) is 90.0 Å². The van der Waals surface area contributed by atoms with E-state index in [1.807, 2.05) is 6.92 Å². The summed E-state index contributed by atoms with van der Waals surface area (Å²) in [5.41, 5.74) is 1.25. The minimum atomic E-state index is -0.818. The van der Waals surface area contributed by atoms with Gasteiger partial charge in [-0.15, -0.1) is 0 Å². The number of amides is 1. The van der Waals surface area contributed by atoms with Crippen molar-refractivity contribution in [1.82, 2.24) is 5.32 Å². The number of hydrogen-bond donors (Lipinski definition) is 1. The average Bonchev–Trinajstić information content (AvgIpc) is 2.81. The number of nitrogens with one attached hydrogen (secondary N) is 1. The zero-order chi connectivity index (χ0) is 27.5. The third-order valence-corrected chi connectivity index (χ3v) is 7.96. The second-order valence-electron chi connectivity index (χ2n) is 12.5. The van der Waals surface area contributed by atoms with Crippen LogP contribution in [0.15, 0.2) is 11.1 Å². The van der Waals surface area contributed by atoms with Crippen LogP contribution in [0.3, 0.4) is 0 Å². The Morgan fingerprint density at radius 2 is 1.59 bits per heavy atom. The number of carbonyl (C=O) groups is 3. The Balaban J connectivity index is 1.92. The molecule has 0 bridgehead atoms. The van der Waals surface area contributed by atoms with Crippen molar-refractivity contribution in [2.75, 3.05) is 0 Å². The number of alkyl carbamates (subject to hydrolysis) is 1. The van der Waals surface area contributed by atoms with Crippen LogP contribution in [0.25, 0.3) is 0 Å². The molecule has 1 fully saturated rings. The maximum atomic E-state index is 13.3. The lowest BCUT2D eigenvalue weighted by molar-refractivity contribution is -0.158. The van der Waals surface area contributed by atoms with E-state index in [4.69, 9.17) is 9.47 Å². The van der Waals surface area contributed by atoms with Gasteiger partial charge >= 0.3 is 12.1 Å². The number of fused-ring (bicyclic) bond motifs is 1. The summed E-state index contributed by atoms with van der Waals surface area (Å²) in [4.78, 5) is 38.8. The van der Waals surface area contributed by atoms with Gasteiger partial charge in [-0.3, -0.25) is 4.79 Å². The smallest absolute Gasteiger partial charge is 0.408 e. The lowest BCUT2D eigenvalue weighted by atomic mass is 9.63. The topological polar surface area (TPSA) is 81.7 Å². The molecule has 1 unspecified atom stereocenters. The van der Waals surface area contributed by atoms with Crippen molar-refractivity contribution in [1.29, 1.82) is 0 Å². The van der Waals surface area contributed by atoms with E-state index in [1.54, 1.807) is 20.8 Å². The number of esters is 1. The summed E-state index contributed by atoms with van der Waals surface area (Å²) in [5.74, 6) is -0.617. The standard InChI is InChI=1S/C31H53NO5/c1-7-8-9-10-11-12-13-14-15-16-20-25(32-29(35)37-30(3,4)5)28(34)36-26-22-31(6)21-18-17-19-24(31)23(2)27(26)33/h25-26H,7-22H2,1-6H3,(H,32,35)/t25?,26-,31-/m0/s1. The van der Waals surface area contributed by atoms with E-state index in [0.29, 0.717) is 12.8 Å². The Kier molecular flexibility index (Phi) is 12.7. The molecule has 2 aliphatic carbocycles. The summed E-state index contributed by atoms with van der Waals surface area (Å²) in [7, 11) is 0. The molecule has 0 heterocycles. The summed E-state index contributed by atoms with van der Waals surface area (Å²) in [5, 5.41) is 2.73. The van der Waals surface area contributed by atoms with E-state index >= 15 is 0 Å². The van der Waals surface area contributed by atoms with Crippen molar-refractivity contribution < 1.29 is 23.9 Å². The molecule has 1 amide bonds. The van der Waals surface area contributed by atoms with Gasteiger partial charge in [-0.25, -0.2) is 9.59 Å². The monoisotopic (exact) mass is 519 g/mol. The van der Waals surface area contributed by atoms with Gasteiger partial charge in [-0.2, -0.15) is 0 Å². The first-order valence-corrected chi connectivity index (χ1v) is 14.9. The lowest BCUT2D eigenvalue weighted by Gasteiger charge is -2.43. The Morgan fingerprint density at radius 3 is 2.19 bits per heavy atom. The number of rotatable bonds is 14. The molecule has 0 radical (unpaired) electrons. The van der Waals surface area contributed by atoms with Crippen LogP contribution in [0, 0.1) is 5.41 Å². The molecule has 0 spiro atoms. The van der Waals surface area contributed by atoms with Crippen LogP contribution >= 0.6 is 0 Å². The van der Waals surface area contributed by atoms with E-state index in [9.17, 15) is 14.4 Å². The van der Waals surface area contributed by atoms with E-state index in [2.05, 4.69) is 19.2 Å². The Hall–Kier alpha value is -1.85. The minimum absolute atomic E-state index is 0.0855. The van der Waals surface area contributed by atoms with Gasteiger partial charge in [0.2, 0.25) is 0 Å². The molecule has 0 saturated heterocycles. The summed E-state index contributed by atoms with van der Waals surface area (Å²) in [6.07, 6.45) is 15.7. The maximum Gasteiger partial charge on any atom is 0.408 e. The van der Waals surface area contributed by atoms with Crippen molar-refractivity contribution in [2.45, 2.75) is 162 Å². The zero-order valence-corrected chi connectivity index (χ0v) is 24.5. The van der Waals surface area contributed by atoms with Crippen molar-refractivity contribution in [3.8, 4) is 0 Å². The molecule has 6 nitrogen and oxygen atoms in total. The average molecular weight is 520 g/mol. The van der Waals surface area contributed by atoms with Gasteiger partial charge in [0.25, 0.3) is 0 Å². The number of hydrogen-bond acceptors (Lipinski definition) is 5. The van der Waals surface area contributed by atoms with Crippen molar-refractivity contribution in [2.24, 2.45) is 5.41 Å². The quantitative estimate of drug-likeness (QED) is 0.186. The Labute approximate surface area is 225 Å². The predicted molar refractivity (Wildman–Crippen MR) is 148 cm³/mol. The largest absolute Gasteiger partial charge is 0.452 e.